The molecule has 5 rings (SSSR count). The fourth-order valence-corrected chi connectivity index (χ4v) is 6.75. The van der Waals surface area contributed by atoms with Gasteiger partial charge in [-0.05, 0) is 75.4 Å². The van der Waals surface area contributed by atoms with Gasteiger partial charge >= 0.3 is 0 Å². The van der Waals surface area contributed by atoms with Crippen molar-refractivity contribution in [3.8, 4) is 0 Å². The number of carbonyl (C=O) groups is 2. The molecule has 0 unspecified atom stereocenters. The summed E-state index contributed by atoms with van der Waals surface area (Å²) in [6, 6.07) is 13.4. The fourth-order valence-electron chi connectivity index (χ4n) is 5.81. The van der Waals surface area contributed by atoms with Gasteiger partial charge in [0.2, 0.25) is 0 Å². The van der Waals surface area contributed by atoms with E-state index in [-0.39, 0.29) is 30.1 Å². The molecule has 3 N–H and O–H groups in total. The molecule has 8 nitrogen and oxygen atoms in total. The molecule has 3 heterocycles. The number of aliphatic hydroxyl groups is 1. The number of nitrogens with zero attached hydrogens (tertiary/aromatic N) is 3. The Hall–Kier alpha value is -4.13. The molecule has 254 valence electrons. The number of carbonyl (C=O) groups excluding carboxylic acids is 2. The van der Waals surface area contributed by atoms with Crippen molar-refractivity contribution in [2.24, 2.45) is 0 Å². The molecule has 2 amide bonds. The predicted octanol–water partition coefficient (Wildman–Crippen LogP) is 6.46. The highest BCUT2D eigenvalue weighted by atomic mass is 32.1. The molecule has 1 saturated heterocycles. The first-order chi connectivity index (χ1) is 22.9. The summed E-state index contributed by atoms with van der Waals surface area (Å²) in [7, 11) is 0. The lowest BCUT2D eigenvalue weighted by atomic mass is 9.99. The van der Waals surface area contributed by atoms with Crippen molar-refractivity contribution in [1.82, 2.24) is 25.5 Å². The Bertz CT molecular complexity index is 1710. The van der Waals surface area contributed by atoms with Crippen molar-refractivity contribution in [3.05, 3.63) is 116 Å². The number of nitrogens with one attached hydrogen (secondary N) is 2. The minimum absolute atomic E-state index is 0.00718. The maximum absolute atomic E-state index is 14.4. The van der Waals surface area contributed by atoms with Gasteiger partial charge in [-0.2, -0.15) is 0 Å². The minimum Gasteiger partial charge on any atom is -0.390 e. The fraction of sp³-hybridized carbons (Fsp3) is 0.389. The number of thiazole rings is 1. The topological polar surface area (TPSA) is 107 Å². The highest BCUT2D eigenvalue weighted by molar-refractivity contribution is 7.09. The molecule has 1 aliphatic rings. The third kappa shape index (κ3) is 8.86. The number of alkyl halides is 3. The zero-order valence-corrected chi connectivity index (χ0v) is 27.9. The van der Waals surface area contributed by atoms with Crippen LogP contribution in [0.3, 0.4) is 0 Å². The van der Waals surface area contributed by atoms with Crippen LogP contribution in [0.4, 0.5) is 13.2 Å². The molecule has 3 atom stereocenters. The van der Waals surface area contributed by atoms with Gasteiger partial charge in [0.1, 0.15) is 10.7 Å². The highest BCUT2D eigenvalue weighted by Gasteiger charge is 2.33. The Labute approximate surface area is 282 Å². The first-order valence-corrected chi connectivity index (χ1v) is 16.8. The number of rotatable bonds is 13. The van der Waals surface area contributed by atoms with E-state index in [2.05, 4.69) is 20.6 Å². The molecular formula is C36H40F3N5O3S. The summed E-state index contributed by atoms with van der Waals surface area (Å²) < 4.78 is 42.6. The molecule has 0 bridgehead atoms. The summed E-state index contributed by atoms with van der Waals surface area (Å²) in [5.41, 5.74) is 0.733. The maximum atomic E-state index is 14.4. The number of hydrogen-bond donors (Lipinski definition) is 3. The molecular weight excluding hydrogens is 639 g/mol. The Morgan fingerprint density at radius 1 is 1.08 bits per heavy atom. The van der Waals surface area contributed by atoms with Crippen LogP contribution in [-0.4, -0.2) is 57.0 Å². The molecule has 0 radical (unpaired) electrons. The van der Waals surface area contributed by atoms with E-state index in [1.165, 1.54) is 37.4 Å². The van der Waals surface area contributed by atoms with Gasteiger partial charge in [0, 0.05) is 65.4 Å². The largest absolute Gasteiger partial charge is 0.390 e. The first kappa shape index (κ1) is 35.2. The normalized spacial score (nSPS) is 16.2. The van der Waals surface area contributed by atoms with Crippen molar-refractivity contribution < 1.29 is 27.9 Å². The van der Waals surface area contributed by atoms with Gasteiger partial charge in [-0.15, -0.1) is 11.3 Å². The number of amides is 2. The van der Waals surface area contributed by atoms with Gasteiger partial charge in [0.05, 0.1) is 18.2 Å². The third-order valence-corrected chi connectivity index (χ3v) is 9.46. The number of hydrogen-bond acceptors (Lipinski definition) is 7. The number of aryl methyl sites for hydroxylation is 1. The third-order valence-electron chi connectivity index (χ3n) is 8.40. The number of halogens is 3. The van der Waals surface area contributed by atoms with Crippen molar-refractivity contribution in [1.29, 1.82) is 0 Å². The molecule has 4 aromatic rings. The van der Waals surface area contributed by atoms with Crippen LogP contribution in [0, 0.1) is 6.92 Å². The van der Waals surface area contributed by atoms with Crippen LogP contribution >= 0.6 is 11.3 Å². The lowest BCUT2D eigenvalue weighted by molar-refractivity contribution is 0.0734. The Morgan fingerprint density at radius 3 is 2.52 bits per heavy atom. The van der Waals surface area contributed by atoms with Crippen LogP contribution in [0.1, 0.15) is 92.8 Å². The van der Waals surface area contributed by atoms with E-state index in [4.69, 9.17) is 0 Å². The van der Waals surface area contributed by atoms with E-state index in [1.54, 1.807) is 17.2 Å². The molecule has 0 aliphatic carbocycles. The first-order valence-electron chi connectivity index (χ1n) is 15.9. The van der Waals surface area contributed by atoms with Gasteiger partial charge < -0.3 is 20.6 Å². The summed E-state index contributed by atoms with van der Waals surface area (Å²) in [5, 5.41) is 19.9. The van der Waals surface area contributed by atoms with E-state index in [1.807, 2.05) is 42.6 Å². The number of aromatic nitrogens is 2. The number of likely N-dealkylation sites (tertiary alicyclic amines) is 1. The lowest BCUT2D eigenvalue weighted by Crippen LogP contribution is -2.48. The molecule has 48 heavy (non-hydrogen) atoms. The zero-order chi connectivity index (χ0) is 34.4. The quantitative estimate of drug-likeness (QED) is 0.150. The van der Waals surface area contributed by atoms with Crippen molar-refractivity contribution in [2.45, 2.75) is 76.9 Å². The Kier molecular flexibility index (Phi) is 11.3. The van der Waals surface area contributed by atoms with Gasteiger partial charge in [0.15, 0.2) is 0 Å². The zero-order valence-electron chi connectivity index (χ0n) is 27.1. The monoisotopic (exact) mass is 679 g/mol. The summed E-state index contributed by atoms with van der Waals surface area (Å²) in [6.07, 6.45) is 0.793. The van der Waals surface area contributed by atoms with Crippen molar-refractivity contribution >= 4 is 23.2 Å². The van der Waals surface area contributed by atoms with Gasteiger partial charge in [-0.25, -0.2) is 18.2 Å². The summed E-state index contributed by atoms with van der Waals surface area (Å²) in [6.45, 7) is 5.58. The van der Waals surface area contributed by atoms with Crippen LogP contribution in [0.15, 0.2) is 72.4 Å². The van der Waals surface area contributed by atoms with E-state index < -0.39 is 41.6 Å². The molecule has 12 heteroatoms. The summed E-state index contributed by atoms with van der Waals surface area (Å²) in [4.78, 5) is 37.7. The van der Waals surface area contributed by atoms with E-state index in [0.29, 0.717) is 25.1 Å². The second-order valence-corrected chi connectivity index (χ2v) is 13.5. The molecule has 1 aliphatic heterocycles. The predicted molar refractivity (Wildman–Crippen MR) is 179 cm³/mol. The Morgan fingerprint density at radius 2 is 1.83 bits per heavy atom. The van der Waals surface area contributed by atoms with Gasteiger partial charge in [-0.1, -0.05) is 30.3 Å². The molecule has 2 aromatic carbocycles. The number of pyridine rings is 1. The van der Waals surface area contributed by atoms with Crippen LogP contribution in [0.25, 0.3) is 0 Å². The average molecular weight is 680 g/mol. The Balaban J connectivity index is 1.34. The van der Waals surface area contributed by atoms with Crippen LogP contribution in [-0.2, 0) is 18.6 Å². The second-order valence-electron chi connectivity index (χ2n) is 12.7. The van der Waals surface area contributed by atoms with Crippen LogP contribution < -0.4 is 10.6 Å². The number of aliphatic hydroxyl groups excluding tert-OH is 1. The molecule has 1 fully saturated rings. The van der Waals surface area contributed by atoms with E-state index >= 15 is 0 Å². The maximum Gasteiger partial charge on any atom is 0.263 e. The highest BCUT2D eigenvalue weighted by Crippen LogP contribution is 2.35. The molecule has 0 saturated carbocycles. The van der Waals surface area contributed by atoms with Crippen LogP contribution in [0.2, 0.25) is 0 Å². The smallest absolute Gasteiger partial charge is 0.263 e. The summed E-state index contributed by atoms with van der Waals surface area (Å²) >= 11 is 1.46. The van der Waals surface area contributed by atoms with Crippen molar-refractivity contribution in [2.75, 3.05) is 13.1 Å². The molecule has 0 spiro atoms. The van der Waals surface area contributed by atoms with Crippen LogP contribution in [0.5, 0.6) is 0 Å². The second kappa shape index (κ2) is 15.4. The number of benzene rings is 2. The van der Waals surface area contributed by atoms with E-state index in [0.717, 1.165) is 40.4 Å². The summed E-state index contributed by atoms with van der Waals surface area (Å²) in [5.74, 6) is -1.14. The molecule has 2 aromatic heterocycles. The lowest BCUT2D eigenvalue weighted by Gasteiger charge is -2.26. The van der Waals surface area contributed by atoms with Gasteiger partial charge in [-0.3, -0.25) is 14.6 Å². The van der Waals surface area contributed by atoms with Gasteiger partial charge in [0.25, 0.3) is 18.2 Å². The SMILES string of the molecule is Cc1csc([C@H]2CCCN2C(=O)c2cc(C(=O)N[C@@H](Cc3ccccc3)[C@H](O)CNCc3cncc(C(C)(C)F)c3)cc(C(F)F)c2)n1. The average Bonchev–Trinajstić information content (AvgIpc) is 3.73. The van der Waals surface area contributed by atoms with E-state index in [9.17, 15) is 27.9 Å². The van der Waals surface area contributed by atoms with Crippen molar-refractivity contribution in [3.63, 3.8) is 0 Å². The standard InChI is InChI=1S/C36H40F3N5O3S/c1-22-21-48-34(42-22)30-10-7-11-44(30)35(47)27-15-25(32(37)38)14-26(16-27)33(46)43-29(13-23-8-5-4-6-9-23)31(45)20-41-18-24-12-28(19-40-17-24)36(2,3)39/h4-6,8-9,12,14-17,19,21,29-32,41,45H,7,10-11,13,18,20H2,1-3H3,(H,43,46)/t29-,30+,31+/m0/s1. The minimum atomic E-state index is -2.91.